The molecule has 1 nitrogen and oxygen atoms in total. The maximum atomic E-state index is 3.92. The van der Waals surface area contributed by atoms with E-state index in [9.17, 15) is 0 Å². The van der Waals surface area contributed by atoms with Gasteiger partial charge in [-0.25, -0.2) is 0 Å². The molecule has 0 N–H and O–H groups in total. The third-order valence-corrected chi connectivity index (χ3v) is 4.80. The van der Waals surface area contributed by atoms with Crippen molar-refractivity contribution >= 4 is 11.3 Å². The van der Waals surface area contributed by atoms with Gasteiger partial charge in [-0.3, -0.25) is 0 Å². The molecule has 122 valence electrons. The molecule has 0 bridgehead atoms. The van der Waals surface area contributed by atoms with Gasteiger partial charge in [-0.15, -0.1) is 0 Å². The number of piperidine rings is 1. The average Bonchev–Trinajstić information content (AvgIpc) is 2.59. The van der Waals surface area contributed by atoms with Gasteiger partial charge in [0.15, 0.2) is 0 Å². The molecule has 1 aromatic carbocycles. The fourth-order valence-electron chi connectivity index (χ4n) is 2.98. The lowest BCUT2D eigenvalue weighted by Crippen LogP contribution is -2.32. The van der Waals surface area contributed by atoms with Crippen molar-refractivity contribution in [2.75, 3.05) is 18.0 Å². The van der Waals surface area contributed by atoms with Crippen LogP contribution in [0.4, 0.5) is 5.69 Å². The molecule has 1 aliphatic rings. The van der Waals surface area contributed by atoms with Crippen LogP contribution in [0.5, 0.6) is 0 Å². The van der Waals surface area contributed by atoms with Gasteiger partial charge in [-0.05, 0) is 67.0 Å². The van der Waals surface area contributed by atoms with E-state index in [1.54, 1.807) is 0 Å². The Labute approximate surface area is 141 Å². The molecule has 1 heteroatoms. The summed E-state index contributed by atoms with van der Waals surface area (Å²) in [7, 11) is 0. The molecule has 0 spiro atoms. The monoisotopic (exact) mass is 307 g/mol. The molecule has 1 saturated heterocycles. The minimum Gasteiger partial charge on any atom is -0.371 e. The highest BCUT2D eigenvalue weighted by Crippen LogP contribution is 2.26. The van der Waals surface area contributed by atoms with Gasteiger partial charge >= 0.3 is 0 Å². The SMILES string of the molecule is C=C/C(C)=C(C=C)/C=C(\C)c1cccc(N2CCC(C)CC2)c1. The van der Waals surface area contributed by atoms with E-state index >= 15 is 0 Å². The van der Waals surface area contributed by atoms with Gasteiger partial charge in [-0.2, -0.15) is 0 Å². The predicted molar refractivity (Wildman–Crippen MR) is 104 cm³/mol. The van der Waals surface area contributed by atoms with Gasteiger partial charge in [0.1, 0.15) is 0 Å². The number of benzene rings is 1. The van der Waals surface area contributed by atoms with Crippen LogP contribution >= 0.6 is 0 Å². The van der Waals surface area contributed by atoms with Crippen molar-refractivity contribution in [3.05, 3.63) is 72.4 Å². The summed E-state index contributed by atoms with van der Waals surface area (Å²) in [5.41, 5.74) is 6.16. The second-order valence-corrected chi connectivity index (χ2v) is 6.59. The van der Waals surface area contributed by atoms with Crippen LogP contribution in [0.3, 0.4) is 0 Å². The molecular formula is C22H29N. The molecule has 1 aliphatic heterocycles. The Bertz CT molecular complexity index is 625. The van der Waals surface area contributed by atoms with Crippen LogP contribution in [0, 0.1) is 5.92 Å². The van der Waals surface area contributed by atoms with Crippen LogP contribution in [-0.4, -0.2) is 13.1 Å². The Morgan fingerprint density at radius 3 is 2.43 bits per heavy atom. The topological polar surface area (TPSA) is 3.24 Å². The first-order chi connectivity index (χ1) is 11.0. The number of hydrogen-bond donors (Lipinski definition) is 0. The van der Waals surface area contributed by atoms with Crippen molar-refractivity contribution in [2.24, 2.45) is 5.92 Å². The van der Waals surface area contributed by atoms with E-state index in [1.807, 2.05) is 12.2 Å². The van der Waals surface area contributed by atoms with Gasteiger partial charge < -0.3 is 4.90 Å². The van der Waals surface area contributed by atoms with E-state index in [-0.39, 0.29) is 0 Å². The zero-order valence-corrected chi connectivity index (χ0v) is 14.8. The molecule has 0 unspecified atom stereocenters. The fourth-order valence-corrected chi connectivity index (χ4v) is 2.98. The van der Waals surface area contributed by atoms with Crippen LogP contribution < -0.4 is 4.90 Å². The average molecular weight is 307 g/mol. The van der Waals surface area contributed by atoms with Crippen LogP contribution in [-0.2, 0) is 0 Å². The van der Waals surface area contributed by atoms with Crippen molar-refractivity contribution in [1.29, 1.82) is 0 Å². The number of hydrogen-bond acceptors (Lipinski definition) is 1. The van der Waals surface area contributed by atoms with Gasteiger partial charge in [0, 0.05) is 18.8 Å². The molecular weight excluding hydrogens is 278 g/mol. The predicted octanol–water partition coefficient (Wildman–Crippen LogP) is 6.01. The maximum Gasteiger partial charge on any atom is 0.0372 e. The van der Waals surface area contributed by atoms with Crippen LogP contribution in [0.25, 0.3) is 5.57 Å². The normalized spacial score (nSPS) is 17.7. The lowest BCUT2D eigenvalue weighted by molar-refractivity contribution is 0.438. The Morgan fingerprint density at radius 1 is 1.13 bits per heavy atom. The molecule has 2 rings (SSSR count). The lowest BCUT2D eigenvalue weighted by Gasteiger charge is -2.32. The summed E-state index contributed by atoms with van der Waals surface area (Å²) >= 11 is 0. The van der Waals surface area contributed by atoms with Crippen molar-refractivity contribution in [2.45, 2.75) is 33.6 Å². The maximum absolute atomic E-state index is 3.92. The summed E-state index contributed by atoms with van der Waals surface area (Å²) in [6.45, 7) is 16.7. The Morgan fingerprint density at radius 2 is 1.83 bits per heavy atom. The lowest BCUT2D eigenvalue weighted by atomic mass is 9.97. The molecule has 0 aliphatic carbocycles. The zero-order chi connectivity index (χ0) is 16.8. The summed E-state index contributed by atoms with van der Waals surface area (Å²) in [5.74, 6) is 0.859. The molecule has 1 heterocycles. The van der Waals surface area contributed by atoms with Gasteiger partial charge in [0.05, 0.1) is 0 Å². The third kappa shape index (κ3) is 4.48. The first-order valence-electron chi connectivity index (χ1n) is 8.54. The molecule has 0 atom stereocenters. The first-order valence-corrected chi connectivity index (χ1v) is 8.54. The number of allylic oxidation sites excluding steroid dienone is 6. The summed E-state index contributed by atoms with van der Waals surface area (Å²) in [4.78, 5) is 2.51. The van der Waals surface area contributed by atoms with Gasteiger partial charge in [-0.1, -0.05) is 50.4 Å². The van der Waals surface area contributed by atoms with Gasteiger partial charge in [0.2, 0.25) is 0 Å². The number of anilines is 1. The van der Waals surface area contributed by atoms with Crippen molar-refractivity contribution < 1.29 is 0 Å². The minimum absolute atomic E-state index is 0.859. The van der Waals surface area contributed by atoms with E-state index in [2.05, 4.69) is 69.2 Å². The van der Waals surface area contributed by atoms with E-state index in [0.717, 1.165) is 17.1 Å². The summed E-state index contributed by atoms with van der Waals surface area (Å²) in [6.07, 6.45) is 8.56. The molecule has 1 aromatic rings. The Hall–Kier alpha value is -2.02. The summed E-state index contributed by atoms with van der Waals surface area (Å²) < 4.78 is 0. The minimum atomic E-state index is 0.859. The van der Waals surface area contributed by atoms with E-state index in [1.165, 1.54) is 42.8 Å². The largest absolute Gasteiger partial charge is 0.371 e. The van der Waals surface area contributed by atoms with Gasteiger partial charge in [0.25, 0.3) is 0 Å². The molecule has 23 heavy (non-hydrogen) atoms. The standard InChI is InChI=1S/C22H29N/c1-6-18(4)20(7-2)15-19(5)21-9-8-10-22(16-21)23-13-11-17(3)12-14-23/h6-10,15-17H,1-2,11-14H2,3-5H3/b19-15+,20-18+. The zero-order valence-electron chi connectivity index (χ0n) is 14.8. The van der Waals surface area contributed by atoms with Crippen molar-refractivity contribution in [3.8, 4) is 0 Å². The van der Waals surface area contributed by atoms with Crippen LogP contribution in [0.2, 0.25) is 0 Å². The molecule has 1 fully saturated rings. The smallest absolute Gasteiger partial charge is 0.0372 e. The highest BCUT2D eigenvalue weighted by molar-refractivity contribution is 5.71. The first kappa shape index (κ1) is 17.3. The summed E-state index contributed by atoms with van der Waals surface area (Å²) in [5, 5.41) is 0. The molecule has 0 saturated carbocycles. The molecule has 0 amide bonds. The number of rotatable bonds is 5. The van der Waals surface area contributed by atoms with Crippen molar-refractivity contribution in [1.82, 2.24) is 0 Å². The fraction of sp³-hybridized carbons (Fsp3) is 0.364. The van der Waals surface area contributed by atoms with Crippen LogP contribution in [0.1, 0.15) is 39.2 Å². The van der Waals surface area contributed by atoms with E-state index in [0.29, 0.717) is 0 Å². The summed E-state index contributed by atoms with van der Waals surface area (Å²) in [6, 6.07) is 8.89. The Balaban J connectivity index is 2.25. The van der Waals surface area contributed by atoms with E-state index < -0.39 is 0 Å². The second kappa shape index (κ2) is 8.01. The van der Waals surface area contributed by atoms with Crippen LogP contribution in [0.15, 0.2) is 66.8 Å². The molecule has 0 radical (unpaired) electrons. The third-order valence-electron chi connectivity index (χ3n) is 4.80. The quantitative estimate of drug-likeness (QED) is 0.602. The highest BCUT2D eigenvalue weighted by Gasteiger charge is 2.16. The number of nitrogens with zero attached hydrogens (tertiary/aromatic N) is 1. The molecule has 0 aromatic heterocycles. The second-order valence-electron chi connectivity index (χ2n) is 6.59. The Kier molecular flexibility index (Phi) is 6.04. The highest BCUT2D eigenvalue weighted by atomic mass is 15.1. The van der Waals surface area contributed by atoms with E-state index in [4.69, 9.17) is 0 Å². The van der Waals surface area contributed by atoms with Crippen molar-refractivity contribution in [3.63, 3.8) is 0 Å².